The zero-order chi connectivity index (χ0) is 12.3. The van der Waals surface area contributed by atoms with Crippen LogP contribution in [0.15, 0.2) is 0 Å². The summed E-state index contributed by atoms with van der Waals surface area (Å²) in [6.07, 6.45) is 8.74. The average molecular weight is 240 g/mol. The van der Waals surface area contributed by atoms with Crippen LogP contribution in [0.25, 0.3) is 0 Å². The van der Waals surface area contributed by atoms with E-state index in [1.807, 2.05) is 0 Å². The van der Waals surface area contributed by atoms with Gasteiger partial charge < -0.3 is 16.2 Å². The molecule has 0 aromatic rings. The molecule has 2 aliphatic rings. The highest BCUT2D eigenvalue weighted by Gasteiger charge is 2.41. The molecule has 100 valence electrons. The standard InChI is InChI=1S/C14H28N2O/c1-11-5-4-8-14(11,10-15)16-13-7-3-2-6-12(13)9-17/h11-13,16-17H,2-10,15H2,1H3. The van der Waals surface area contributed by atoms with Gasteiger partial charge in [0.25, 0.3) is 0 Å². The molecule has 4 unspecified atom stereocenters. The first-order valence-electron chi connectivity index (χ1n) is 7.30. The van der Waals surface area contributed by atoms with Crippen molar-refractivity contribution in [3.63, 3.8) is 0 Å². The van der Waals surface area contributed by atoms with Crippen molar-refractivity contribution in [1.29, 1.82) is 0 Å². The minimum atomic E-state index is 0.148. The van der Waals surface area contributed by atoms with Crippen LogP contribution in [0.2, 0.25) is 0 Å². The molecular weight excluding hydrogens is 212 g/mol. The largest absolute Gasteiger partial charge is 0.396 e. The van der Waals surface area contributed by atoms with E-state index >= 15 is 0 Å². The Morgan fingerprint density at radius 3 is 2.59 bits per heavy atom. The number of hydrogen-bond donors (Lipinski definition) is 3. The summed E-state index contributed by atoms with van der Waals surface area (Å²) < 4.78 is 0. The fourth-order valence-electron chi connectivity index (χ4n) is 3.81. The lowest BCUT2D eigenvalue weighted by Crippen LogP contribution is -2.59. The van der Waals surface area contributed by atoms with Crippen molar-refractivity contribution in [2.24, 2.45) is 17.6 Å². The molecule has 3 nitrogen and oxygen atoms in total. The SMILES string of the molecule is CC1CCCC1(CN)NC1CCCCC1CO. The summed E-state index contributed by atoms with van der Waals surface area (Å²) in [5.74, 6) is 1.12. The van der Waals surface area contributed by atoms with Crippen molar-refractivity contribution in [3.8, 4) is 0 Å². The Labute approximate surface area is 105 Å². The summed E-state index contributed by atoms with van der Waals surface area (Å²) in [5, 5.41) is 13.3. The van der Waals surface area contributed by atoms with Gasteiger partial charge in [0.2, 0.25) is 0 Å². The van der Waals surface area contributed by atoms with Crippen molar-refractivity contribution < 1.29 is 5.11 Å². The van der Waals surface area contributed by atoms with E-state index in [4.69, 9.17) is 5.73 Å². The Balaban J connectivity index is 2.01. The molecule has 4 N–H and O–H groups in total. The topological polar surface area (TPSA) is 58.3 Å². The second-order valence-corrected chi connectivity index (χ2v) is 6.13. The van der Waals surface area contributed by atoms with E-state index in [-0.39, 0.29) is 5.54 Å². The zero-order valence-corrected chi connectivity index (χ0v) is 11.1. The van der Waals surface area contributed by atoms with Crippen molar-refractivity contribution in [2.45, 2.75) is 63.5 Å². The van der Waals surface area contributed by atoms with Gasteiger partial charge in [-0.15, -0.1) is 0 Å². The molecule has 2 saturated carbocycles. The summed E-state index contributed by atoms with van der Waals surface area (Å²) >= 11 is 0. The van der Waals surface area contributed by atoms with Crippen LogP contribution in [0.3, 0.4) is 0 Å². The fraction of sp³-hybridized carbons (Fsp3) is 1.00. The van der Waals surface area contributed by atoms with Crippen molar-refractivity contribution in [1.82, 2.24) is 5.32 Å². The lowest BCUT2D eigenvalue weighted by molar-refractivity contribution is 0.117. The lowest BCUT2D eigenvalue weighted by atomic mass is 9.80. The van der Waals surface area contributed by atoms with Gasteiger partial charge in [0.15, 0.2) is 0 Å². The monoisotopic (exact) mass is 240 g/mol. The quantitative estimate of drug-likeness (QED) is 0.700. The lowest BCUT2D eigenvalue weighted by Gasteiger charge is -2.42. The van der Waals surface area contributed by atoms with Crippen LogP contribution in [0.1, 0.15) is 51.9 Å². The number of nitrogens with one attached hydrogen (secondary N) is 1. The van der Waals surface area contributed by atoms with Gasteiger partial charge in [0, 0.05) is 24.7 Å². The maximum Gasteiger partial charge on any atom is 0.0474 e. The molecule has 0 aromatic heterocycles. The van der Waals surface area contributed by atoms with E-state index in [1.54, 1.807) is 0 Å². The van der Waals surface area contributed by atoms with E-state index in [1.165, 1.54) is 44.9 Å². The van der Waals surface area contributed by atoms with Gasteiger partial charge in [-0.25, -0.2) is 0 Å². The van der Waals surface area contributed by atoms with E-state index in [0.717, 1.165) is 6.54 Å². The first-order chi connectivity index (χ1) is 8.22. The molecule has 2 rings (SSSR count). The average Bonchev–Trinajstić information content (AvgIpc) is 2.72. The Morgan fingerprint density at radius 2 is 2.00 bits per heavy atom. The third-order valence-corrected chi connectivity index (χ3v) is 5.18. The molecule has 0 bridgehead atoms. The Morgan fingerprint density at radius 1 is 1.24 bits per heavy atom. The van der Waals surface area contributed by atoms with E-state index in [2.05, 4.69) is 12.2 Å². The van der Waals surface area contributed by atoms with Gasteiger partial charge in [-0.2, -0.15) is 0 Å². The second kappa shape index (κ2) is 5.68. The van der Waals surface area contributed by atoms with Crippen LogP contribution in [0, 0.1) is 11.8 Å². The van der Waals surface area contributed by atoms with Crippen LogP contribution in [-0.2, 0) is 0 Å². The smallest absolute Gasteiger partial charge is 0.0474 e. The zero-order valence-electron chi connectivity index (χ0n) is 11.1. The Bertz CT molecular complexity index is 246. The molecule has 0 aromatic carbocycles. The number of nitrogens with two attached hydrogens (primary N) is 1. The highest BCUT2D eigenvalue weighted by atomic mass is 16.3. The molecule has 3 heteroatoms. The summed E-state index contributed by atoms with van der Waals surface area (Å²) in [4.78, 5) is 0. The van der Waals surface area contributed by atoms with Crippen LogP contribution in [0.5, 0.6) is 0 Å². The molecule has 0 amide bonds. The molecular formula is C14H28N2O. The third-order valence-electron chi connectivity index (χ3n) is 5.18. The molecule has 0 heterocycles. The second-order valence-electron chi connectivity index (χ2n) is 6.13. The fourth-order valence-corrected chi connectivity index (χ4v) is 3.81. The van der Waals surface area contributed by atoms with Gasteiger partial charge >= 0.3 is 0 Å². The number of rotatable bonds is 4. The summed E-state index contributed by atoms with van der Waals surface area (Å²) in [6, 6.07) is 0.484. The molecule has 2 aliphatic carbocycles. The van der Waals surface area contributed by atoms with Gasteiger partial charge in [0.1, 0.15) is 0 Å². The van der Waals surface area contributed by atoms with Gasteiger partial charge in [-0.05, 0) is 37.5 Å². The predicted octanol–water partition coefficient (Wildman–Crippen LogP) is 1.64. The maximum absolute atomic E-state index is 9.49. The minimum absolute atomic E-state index is 0.148. The van der Waals surface area contributed by atoms with E-state index < -0.39 is 0 Å². The van der Waals surface area contributed by atoms with E-state index in [0.29, 0.717) is 24.5 Å². The molecule has 0 spiro atoms. The number of hydrogen-bond acceptors (Lipinski definition) is 3. The highest BCUT2D eigenvalue weighted by Crippen LogP contribution is 2.37. The van der Waals surface area contributed by atoms with Crippen LogP contribution >= 0.6 is 0 Å². The Kier molecular flexibility index (Phi) is 4.45. The highest BCUT2D eigenvalue weighted by molar-refractivity contribution is 5.01. The van der Waals surface area contributed by atoms with Gasteiger partial charge in [-0.1, -0.05) is 26.2 Å². The normalized spacial score (nSPS) is 42.9. The van der Waals surface area contributed by atoms with Gasteiger partial charge in [-0.3, -0.25) is 0 Å². The third kappa shape index (κ3) is 2.67. The molecule has 0 aliphatic heterocycles. The first kappa shape index (κ1) is 13.3. The van der Waals surface area contributed by atoms with Crippen LogP contribution < -0.4 is 11.1 Å². The predicted molar refractivity (Wildman–Crippen MR) is 70.8 cm³/mol. The summed E-state index contributed by atoms with van der Waals surface area (Å²) in [6.45, 7) is 3.39. The maximum atomic E-state index is 9.49. The first-order valence-corrected chi connectivity index (χ1v) is 7.30. The number of aliphatic hydroxyl groups excluding tert-OH is 1. The van der Waals surface area contributed by atoms with Crippen molar-refractivity contribution >= 4 is 0 Å². The summed E-state index contributed by atoms with van der Waals surface area (Å²) in [5.41, 5.74) is 6.19. The van der Waals surface area contributed by atoms with E-state index in [9.17, 15) is 5.11 Å². The molecule has 2 fully saturated rings. The molecule has 4 atom stereocenters. The van der Waals surface area contributed by atoms with Crippen LogP contribution in [0.4, 0.5) is 0 Å². The Hall–Kier alpha value is -0.120. The van der Waals surface area contributed by atoms with Crippen molar-refractivity contribution in [2.75, 3.05) is 13.2 Å². The number of aliphatic hydroxyl groups is 1. The van der Waals surface area contributed by atoms with Gasteiger partial charge in [0.05, 0.1) is 0 Å². The minimum Gasteiger partial charge on any atom is -0.396 e. The van der Waals surface area contributed by atoms with Crippen LogP contribution in [-0.4, -0.2) is 29.8 Å². The molecule has 0 radical (unpaired) electrons. The summed E-state index contributed by atoms with van der Waals surface area (Å²) in [7, 11) is 0. The van der Waals surface area contributed by atoms with Crippen molar-refractivity contribution in [3.05, 3.63) is 0 Å². The molecule has 17 heavy (non-hydrogen) atoms. The molecule has 0 saturated heterocycles.